The standard InChI is InChI=1S/C20H20ClN3/c21-16-7-9-19-18(10-16)22-20-15-6-8-17(24(19)20)13-23(12-15)11-14-4-2-1-3-5-14/h1-5,7,9-10,15,17H,6,8,11-13H2/t15-,17-/m0/s1. The van der Waals surface area contributed by atoms with Crippen molar-refractivity contribution in [3.05, 3.63) is 64.9 Å². The zero-order valence-corrected chi connectivity index (χ0v) is 14.3. The molecule has 0 amide bonds. The molecule has 0 N–H and O–H groups in total. The van der Waals surface area contributed by atoms with Gasteiger partial charge < -0.3 is 4.57 Å². The number of benzene rings is 2. The maximum Gasteiger partial charge on any atom is 0.114 e. The Morgan fingerprint density at radius 1 is 1.04 bits per heavy atom. The van der Waals surface area contributed by atoms with Gasteiger partial charge in [-0.3, -0.25) is 4.90 Å². The van der Waals surface area contributed by atoms with Crippen molar-refractivity contribution in [2.45, 2.75) is 31.3 Å². The highest BCUT2D eigenvalue weighted by Gasteiger charge is 2.36. The number of hydrogen-bond donors (Lipinski definition) is 0. The molecule has 122 valence electrons. The van der Waals surface area contributed by atoms with Crippen molar-refractivity contribution >= 4 is 22.6 Å². The average molecular weight is 338 g/mol. The first kappa shape index (κ1) is 14.5. The molecular weight excluding hydrogens is 318 g/mol. The lowest BCUT2D eigenvalue weighted by atomic mass is 9.96. The van der Waals surface area contributed by atoms with Gasteiger partial charge in [0.25, 0.3) is 0 Å². The van der Waals surface area contributed by atoms with Crippen LogP contribution in [0.25, 0.3) is 11.0 Å². The first-order chi connectivity index (χ1) is 11.8. The Morgan fingerprint density at radius 2 is 1.92 bits per heavy atom. The Balaban J connectivity index is 1.51. The molecule has 2 aromatic carbocycles. The lowest BCUT2D eigenvalue weighted by Gasteiger charge is -2.26. The number of imidazole rings is 1. The van der Waals surface area contributed by atoms with E-state index in [1.165, 1.54) is 29.7 Å². The zero-order chi connectivity index (χ0) is 16.1. The summed E-state index contributed by atoms with van der Waals surface area (Å²) in [5.41, 5.74) is 3.68. The van der Waals surface area contributed by atoms with E-state index in [-0.39, 0.29) is 0 Å². The summed E-state index contributed by atoms with van der Waals surface area (Å²) in [7, 11) is 0. The maximum absolute atomic E-state index is 6.16. The number of nitrogens with zero attached hydrogens (tertiary/aromatic N) is 3. The molecule has 4 heterocycles. The van der Waals surface area contributed by atoms with E-state index in [9.17, 15) is 0 Å². The molecule has 4 heteroatoms. The molecule has 0 spiro atoms. The van der Waals surface area contributed by atoms with Gasteiger partial charge in [0.15, 0.2) is 0 Å². The van der Waals surface area contributed by atoms with E-state index in [0.717, 1.165) is 30.2 Å². The molecule has 3 aromatic rings. The molecule has 0 aliphatic carbocycles. The molecule has 3 aliphatic rings. The summed E-state index contributed by atoms with van der Waals surface area (Å²) in [4.78, 5) is 7.56. The fraction of sp³-hybridized carbons (Fsp3) is 0.350. The minimum atomic E-state index is 0.522. The summed E-state index contributed by atoms with van der Waals surface area (Å²) in [6.45, 7) is 3.23. The second kappa shape index (κ2) is 5.61. The van der Waals surface area contributed by atoms with Crippen LogP contribution in [-0.2, 0) is 6.54 Å². The highest BCUT2D eigenvalue weighted by Crippen LogP contribution is 2.41. The predicted molar refractivity (Wildman–Crippen MR) is 97.5 cm³/mol. The van der Waals surface area contributed by atoms with Crippen LogP contribution in [0.2, 0.25) is 5.02 Å². The van der Waals surface area contributed by atoms with E-state index in [1.807, 2.05) is 12.1 Å². The van der Waals surface area contributed by atoms with E-state index in [4.69, 9.17) is 16.6 Å². The van der Waals surface area contributed by atoms with Crippen LogP contribution in [0.15, 0.2) is 48.5 Å². The van der Waals surface area contributed by atoms with Gasteiger partial charge in [-0.25, -0.2) is 4.98 Å². The minimum Gasteiger partial charge on any atom is -0.323 e. The number of fused-ring (bicyclic) bond motifs is 4. The molecule has 0 unspecified atom stereocenters. The monoisotopic (exact) mass is 337 g/mol. The van der Waals surface area contributed by atoms with Gasteiger partial charge >= 0.3 is 0 Å². The second-order valence-corrected chi connectivity index (χ2v) is 7.52. The van der Waals surface area contributed by atoms with Crippen LogP contribution in [0, 0.1) is 0 Å². The third-order valence-corrected chi connectivity index (χ3v) is 5.69. The van der Waals surface area contributed by atoms with Gasteiger partial charge in [0, 0.05) is 36.6 Å². The van der Waals surface area contributed by atoms with Gasteiger partial charge in [-0.1, -0.05) is 41.9 Å². The van der Waals surface area contributed by atoms with Gasteiger partial charge in [-0.2, -0.15) is 0 Å². The molecule has 3 nitrogen and oxygen atoms in total. The Bertz CT molecular complexity index is 887. The summed E-state index contributed by atoms with van der Waals surface area (Å²) in [6.07, 6.45) is 2.49. The molecule has 6 rings (SSSR count). The van der Waals surface area contributed by atoms with E-state index >= 15 is 0 Å². The molecule has 1 fully saturated rings. The lowest BCUT2D eigenvalue weighted by Crippen LogP contribution is -2.27. The Hall–Kier alpha value is -1.84. The normalized spacial score (nSPS) is 23.4. The number of halogens is 1. The lowest BCUT2D eigenvalue weighted by molar-refractivity contribution is 0.252. The third kappa shape index (κ3) is 2.35. The molecule has 1 saturated heterocycles. The Labute approximate surface area is 146 Å². The van der Waals surface area contributed by atoms with Crippen LogP contribution in [0.3, 0.4) is 0 Å². The SMILES string of the molecule is Clc1ccc2c(c1)nc1n2[C@H]2CC[C@H]1CN(Cc1ccccc1)C2. The Morgan fingerprint density at radius 3 is 2.79 bits per heavy atom. The fourth-order valence-corrected chi connectivity index (χ4v) is 4.58. The summed E-state index contributed by atoms with van der Waals surface area (Å²) >= 11 is 6.16. The third-order valence-electron chi connectivity index (χ3n) is 5.45. The van der Waals surface area contributed by atoms with E-state index in [1.54, 1.807) is 0 Å². The van der Waals surface area contributed by atoms with Gasteiger partial charge in [0.2, 0.25) is 0 Å². The van der Waals surface area contributed by atoms with Crippen LogP contribution in [0.4, 0.5) is 0 Å². The highest BCUT2D eigenvalue weighted by molar-refractivity contribution is 6.31. The summed E-state index contributed by atoms with van der Waals surface area (Å²) < 4.78 is 2.49. The summed E-state index contributed by atoms with van der Waals surface area (Å²) in [5.74, 6) is 1.79. The van der Waals surface area contributed by atoms with Crippen molar-refractivity contribution in [1.29, 1.82) is 0 Å². The molecule has 24 heavy (non-hydrogen) atoms. The topological polar surface area (TPSA) is 21.1 Å². The van der Waals surface area contributed by atoms with Crippen molar-refractivity contribution < 1.29 is 0 Å². The second-order valence-electron chi connectivity index (χ2n) is 7.08. The number of rotatable bonds is 2. The summed E-state index contributed by atoms with van der Waals surface area (Å²) in [6, 6.07) is 17.4. The minimum absolute atomic E-state index is 0.522. The zero-order valence-electron chi connectivity index (χ0n) is 13.5. The summed E-state index contributed by atoms with van der Waals surface area (Å²) in [5, 5.41) is 0.772. The number of hydrogen-bond acceptors (Lipinski definition) is 2. The van der Waals surface area contributed by atoms with E-state index in [0.29, 0.717) is 12.0 Å². The van der Waals surface area contributed by atoms with Gasteiger partial charge in [0.1, 0.15) is 5.82 Å². The average Bonchev–Trinajstić information content (AvgIpc) is 2.77. The highest BCUT2D eigenvalue weighted by atomic mass is 35.5. The van der Waals surface area contributed by atoms with Crippen molar-refractivity contribution in [3.63, 3.8) is 0 Å². The van der Waals surface area contributed by atoms with Gasteiger partial charge in [-0.15, -0.1) is 0 Å². The Kier molecular flexibility index (Phi) is 3.39. The first-order valence-electron chi connectivity index (χ1n) is 8.71. The molecule has 3 aliphatic heterocycles. The van der Waals surface area contributed by atoms with Crippen LogP contribution in [-0.4, -0.2) is 27.5 Å². The van der Waals surface area contributed by atoms with E-state index in [2.05, 4.69) is 45.9 Å². The van der Waals surface area contributed by atoms with Crippen LogP contribution in [0.5, 0.6) is 0 Å². The largest absolute Gasteiger partial charge is 0.323 e. The fourth-order valence-electron chi connectivity index (χ4n) is 4.41. The molecule has 0 radical (unpaired) electrons. The predicted octanol–water partition coefficient (Wildman–Crippen LogP) is 4.62. The van der Waals surface area contributed by atoms with Crippen molar-refractivity contribution in [3.8, 4) is 0 Å². The first-order valence-corrected chi connectivity index (χ1v) is 9.09. The molecular formula is C20H20ClN3. The molecule has 1 aromatic heterocycles. The van der Waals surface area contributed by atoms with Gasteiger partial charge in [0.05, 0.1) is 11.0 Å². The quantitative estimate of drug-likeness (QED) is 0.680. The van der Waals surface area contributed by atoms with Crippen molar-refractivity contribution in [2.75, 3.05) is 13.1 Å². The van der Waals surface area contributed by atoms with Crippen LogP contribution >= 0.6 is 11.6 Å². The van der Waals surface area contributed by atoms with Gasteiger partial charge in [-0.05, 0) is 36.6 Å². The smallest absolute Gasteiger partial charge is 0.114 e. The van der Waals surface area contributed by atoms with Crippen LogP contribution < -0.4 is 0 Å². The number of aromatic nitrogens is 2. The van der Waals surface area contributed by atoms with Crippen molar-refractivity contribution in [2.24, 2.45) is 0 Å². The molecule has 2 atom stereocenters. The maximum atomic E-state index is 6.16. The molecule has 2 bridgehead atoms. The van der Waals surface area contributed by atoms with Crippen LogP contribution in [0.1, 0.15) is 36.2 Å². The molecule has 0 saturated carbocycles. The van der Waals surface area contributed by atoms with E-state index < -0.39 is 0 Å². The van der Waals surface area contributed by atoms with Crippen molar-refractivity contribution in [1.82, 2.24) is 14.5 Å².